The van der Waals surface area contributed by atoms with E-state index >= 15 is 4.39 Å². The van der Waals surface area contributed by atoms with Crippen molar-refractivity contribution >= 4 is 27.5 Å². The van der Waals surface area contributed by atoms with Crippen LogP contribution in [0.15, 0.2) is 30.3 Å². The monoisotopic (exact) mass is 620 g/mol. The lowest BCUT2D eigenvalue weighted by Gasteiger charge is -2.42. The van der Waals surface area contributed by atoms with Crippen LogP contribution < -0.4 is 15.0 Å². The number of anilines is 1. The SMILES string of the molecule is C#Cc1c(F)ccc2cccc(-c3nc4c5c(nc(OCC67CCCN6CCC7)nc5c3F)N3C[C@H]5CC[C@H](N5)[C@H]3CCCC4)c12. The average Bonchev–Trinajstić information content (AvgIpc) is 3.78. The number of ether oxygens (including phenoxy) is 1. The smallest absolute Gasteiger partial charge is 0.319 e. The van der Waals surface area contributed by atoms with Gasteiger partial charge in [0.2, 0.25) is 0 Å². The summed E-state index contributed by atoms with van der Waals surface area (Å²) in [6.45, 7) is 3.49. The number of hydrogen-bond acceptors (Lipinski definition) is 7. The van der Waals surface area contributed by atoms with Crippen LogP contribution in [0.4, 0.5) is 14.6 Å². The molecule has 2 aromatic heterocycles. The number of halogens is 2. The van der Waals surface area contributed by atoms with Gasteiger partial charge in [0.1, 0.15) is 29.5 Å². The standard InChI is InChI=1S/C37H38F2N6O/c1-2-24-26(38)14-12-22-8-5-9-25(30(22)24)33-32(39)34-31-28(41-33)10-3-4-11-29-27-15-13-23(40-27)20-45(29)35(31)43-36(42-34)46-21-37-16-6-18-44(37)19-7-17-37/h1,5,8-9,12,14,23,27,29,40H,3-4,6-7,10-11,13,15-21H2/t23-,27+,29-/m1/s1. The van der Waals surface area contributed by atoms with Crippen molar-refractivity contribution in [1.29, 1.82) is 0 Å². The van der Waals surface area contributed by atoms with Crippen LogP contribution in [-0.2, 0) is 6.42 Å². The third kappa shape index (κ3) is 4.33. The van der Waals surface area contributed by atoms with E-state index in [0.717, 1.165) is 94.3 Å². The quantitative estimate of drug-likeness (QED) is 0.275. The Bertz CT molecular complexity index is 1910. The molecule has 4 fully saturated rings. The molecular formula is C37H38F2N6O. The molecule has 5 aliphatic heterocycles. The number of benzene rings is 2. The van der Waals surface area contributed by atoms with Crippen molar-refractivity contribution < 1.29 is 13.5 Å². The van der Waals surface area contributed by atoms with E-state index in [-0.39, 0.29) is 34.4 Å². The van der Waals surface area contributed by atoms with Gasteiger partial charge in [-0.3, -0.25) is 4.90 Å². The van der Waals surface area contributed by atoms with Crippen LogP contribution in [0, 0.1) is 24.0 Å². The summed E-state index contributed by atoms with van der Waals surface area (Å²) >= 11 is 0. The highest BCUT2D eigenvalue weighted by Gasteiger charge is 2.46. The maximum atomic E-state index is 17.2. The first-order valence-corrected chi connectivity index (χ1v) is 17.0. The zero-order valence-electron chi connectivity index (χ0n) is 26.0. The lowest BCUT2D eigenvalue weighted by atomic mass is 9.95. The Labute approximate surface area is 267 Å². The minimum atomic E-state index is -0.553. The topological polar surface area (TPSA) is 66.4 Å². The molecule has 0 spiro atoms. The van der Waals surface area contributed by atoms with Gasteiger partial charge in [0.05, 0.1) is 22.2 Å². The van der Waals surface area contributed by atoms with E-state index in [0.29, 0.717) is 41.4 Å². The van der Waals surface area contributed by atoms with Crippen LogP contribution in [-0.4, -0.2) is 69.8 Å². The van der Waals surface area contributed by atoms with Gasteiger partial charge in [0.15, 0.2) is 5.82 Å². The number of aromatic nitrogens is 3. The van der Waals surface area contributed by atoms with Gasteiger partial charge in [0, 0.05) is 35.6 Å². The lowest BCUT2D eigenvalue weighted by molar-refractivity contribution is 0.108. The van der Waals surface area contributed by atoms with E-state index < -0.39 is 11.6 Å². The fraction of sp³-hybridized carbons (Fsp3) is 0.486. The second-order valence-corrected chi connectivity index (χ2v) is 14.0. The minimum Gasteiger partial charge on any atom is -0.461 e. The molecule has 9 rings (SSSR count). The summed E-state index contributed by atoms with van der Waals surface area (Å²) in [5.74, 6) is 2.18. The molecule has 1 N–H and O–H groups in total. The Morgan fingerprint density at radius 1 is 0.978 bits per heavy atom. The van der Waals surface area contributed by atoms with Crippen molar-refractivity contribution in [2.75, 3.05) is 31.1 Å². The molecule has 236 valence electrons. The van der Waals surface area contributed by atoms with Crippen LogP contribution in [0.3, 0.4) is 0 Å². The molecule has 3 atom stereocenters. The molecule has 4 saturated heterocycles. The number of piperazine rings is 1. The zero-order chi connectivity index (χ0) is 31.0. The number of nitrogens with zero attached hydrogens (tertiary/aromatic N) is 5. The van der Waals surface area contributed by atoms with Gasteiger partial charge in [-0.25, -0.2) is 13.8 Å². The van der Waals surface area contributed by atoms with Crippen molar-refractivity contribution in [1.82, 2.24) is 25.2 Å². The Morgan fingerprint density at radius 3 is 2.70 bits per heavy atom. The Balaban J connectivity index is 1.26. The van der Waals surface area contributed by atoms with E-state index in [9.17, 15) is 4.39 Å². The van der Waals surface area contributed by atoms with E-state index in [2.05, 4.69) is 21.0 Å². The van der Waals surface area contributed by atoms with Crippen molar-refractivity contribution in [3.05, 3.63) is 53.2 Å². The summed E-state index contributed by atoms with van der Waals surface area (Å²) in [7, 11) is 0. The maximum absolute atomic E-state index is 17.2. The normalized spacial score (nSPS) is 25.2. The summed E-state index contributed by atoms with van der Waals surface area (Å²) < 4.78 is 38.7. The van der Waals surface area contributed by atoms with Gasteiger partial charge in [-0.05, 0) is 82.3 Å². The van der Waals surface area contributed by atoms with Gasteiger partial charge >= 0.3 is 6.01 Å². The molecule has 7 heterocycles. The first-order valence-electron chi connectivity index (χ1n) is 17.0. The first-order chi connectivity index (χ1) is 22.5. The summed E-state index contributed by atoms with van der Waals surface area (Å²) in [6, 6.07) is 9.74. The Morgan fingerprint density at radius 2 is 1.85 bits per heavy atom. The van der Waals surface area contributed by atoms with Crippen molar-refractivity contribution in [2.24, 2.45) is 0 Å². The van der Waals surface area contributed by atoms with Crippen LogP contribution in [0.2, 0.25) is 0 Å². The summed E-state index contributed by atoms with van der Waals surface area (Å²) in [5.41, 5.74) is 1.70. The average molecular weight is 621 g/mol. The molecular weight excluding hydrogens is 582 g/mol. The van der Waals surface area contributed by atoms with Gasteiger partial charge in [-0.2, -0.15) is 9.97 Å². The third-order valence-corrected chi connectivity index (χ3v) is 11.5. The van der Waals surface area contributed by atoms with Crippen molar-refractivity contribution in [3.8, 4) is 29.6 Å². The largest absolute Gasteiger partial charge is 0.461 e. The molecule has 9 heteroatoms. The zero-order valence-corrected chi connectivity index (χ0v) is 26.0. The molecule has 4 aromatic rings. The molecule has 0 amide bonds. The molecule has 7 nitrogen and oxygen atoms in total. The van der Waals surface area contributed by atoms with Gasteiger partial charge in [0.25, 0.3) is 0 Å². The fourth-order valence-corrected chi connectivity index (χ4v) is 9.32. The summed E-state index contributed by atoms with van der Waals surface area (Å²) in [5, 5.41) is 5.72. The predicted molar refractivity (Wildman–Crippen MR) is 175 cm³/mol. The molecule has 0 radical (unpaired) electrons. The highest BCUT2D eigenvalue weighted by molar-refractivity contribution is 6.02. The summed E-state index contributed by atoms with van der Waals surface area (Å²) in [4.78, 5) is 20.0. The second-order valence-electron chi connectivity index (χ2n) is 14.0. The van der Waals surface area contributed by atoms with E-state index in [1.165, 1.54) is 6.07 Å². The number of hydrogen-bond donors (Lipinski definition) is 1. The second kappa shape index (κ2) is 10.9. The highest BCUT2D eigenvalue weighted by atomic mass is 19.1. The maximum Gasteiger partial charge on any atom is 0.319 e. The number of fused-ring (bicyclic) bond motifs is 7. The number of rotatable bonds is 4. The van der Waals surface area contributed by atoms with E-state index in [4.69, 9.17) is 26.1 Å². The molecule has 2 bridgehead atoms. The lowest BCUT2D eigenvalue weighted by Crippen LogP contribution is -2.58. The van der Waals surface area contributed by atoms with E-state index in [1.54, 1.807) is 12.1 Å². The predicted octanol–water partition coefficient (Wildman–Crippen LogP) is 6.15. The van der Waals surface area contributed by atoms with Crippen LogP contribution in [0.1, 0.15) is 69.0 Å². The third-order valence-electron chi connectivity index (χ3n) is 11.5. The van der Waals surface area contributed by atoms with Gasteiger partial charge in [-0.15, -0.1) is 6.42 Å². The molecule has 0 unspecified atom stereocenters. The van der Waals surface area contributed by atoms with Crippen LogP contribution >= 0.6 is 0 Å². The van der Waals surface area contributed by atoms with Crippen LogP contribution in [0.25, 0.3) is 32.9 Å². The number of nitrogens with one attached hydrogen (secondary N) is 1. The fourth-order valence-electron chi connectivity index (χ4n) is 9.32. The van der Waals surface area contributed by atoms with Gasteiger partial charge < -0.3 is 15.0 Å². The van der Waals surface area contributed by atoms with Crippen molar-refractivity contribution in [3.63, 3.8) is 0 Å². The number of terminal acetylenes is 1. The Hall–Kier alpha value is -3.87. The molecule has 46 heavy (non-hydrogen) atoms. The minimum absolute atomic E-state index is 0.00382. The number of pyridine rings is 1. The molecule has 0 aliphatic carbocycles. The molecule has 0 saturated carbocycles. The summed E-state index contributed by atoms with van der Waals surface area (Å²) in [6.07, 6.45) is 16.2. The highest BCUT2D eigenvalue weighted by Crippen LogP contribution is 2.43. The van der Waals surface area contributed by atoms with Crippen LogP contribution in [0.5, 0.6) is 6.01 Å². The number of aryl methyl sites for hydroxylation is 1. The molecule has 2 aromatic carbocycles. The first kappa shape index (κ1) is 28.4. The van der Waals surface area contributed by atoms with Crippen molar-refractivity contribution in [2.45, 2.75) is 87.9 Å². The molecule has 5 aliphatic rings. The van der Waals surface area contributed by atoms with Gasteiger partial charge in [-0.1, -0.05) is 36.6 Å². The Kier molecular flexibility index (Phi) is 6.69. The van der Waals surface area contributed by atoms with E-state index in [1.807, 2.05) is 12.1 Å².